The van der Waals surface area contributed by atoms with Gasteiger partial charge in [-0.15, -0.1) is 11.3 Å². The van der Waals surface area contributed by atoms with Crippen molar-refractivity contribution in [3.8, 4) is 11.3 Å². The van der Waals surface area contributed by atoms with Gasteiger partial charge in [0.2, 0.25) is 5.91 Å². The Bertz CT molecular complexity index is 1230. The molecule has 2 unspecified atom stereocenters. The number of piperazine rings is 1. The molecule has 1 saturated carbocycles. The van der Waals surface area contributed by atoms with Gasteiger partial charge in [0, 0.05) is 55.1 Å². The lowest BCUT2D eigenvalue weighted by molar-refractivity contribution is -0.139. The number of anilines is 1. The van der Waals surface area contributed by atoms with Crippen molar-refractivity contribution < 1.29 is 19.1 Å². The van der Waals surface area contributed by atoms with Gasteiger partial charge < -0.3 is 24.8 Å². The summed E-state index contributed by atoms with van der Waals surface area (Å²) < 4.78 is 5.78. The number of likely N-dealkylation sites (tertiary alicyclic amines) is 1. The number of amides is 2. The maximum absolute atomic E-state index is 13.9. The number of likely N-dealkylation sites (N-methyl/N-ethyl adjacent to an activating group) is 1. The van der Waals surface area contributed by atoms with Crippen LogP contribution in [0.4, 0.5) is 5.13 Å². The van der Waals surface area contributed by atoms with E-state index in [0.717, 1.165) is 74.7 Å². The summed E-state index contributed by atoms with van der Waals surface area (Å²) in [4.78, 5) is 51.2. The van der Waals surface area contributed by atoms with Crippen molar-refractivity contribution in [2.75, 3.05) is 51.3 Å². The number of Topliss-reactive ketones (excluding diaryl/α,β-unsaturated/α-hetero) is 1. The van der Waals surface area contributed by atoms with E-state index in [1.54, 1.807) is 16.2 Å². The number of rotatable bonds is 7. The molecule has 1 N–H and O–H groups in total. The minimum absolute atomic E-state index is 0.0285. The van der Waals surface area contributed by atoms with Gasteiger partial charge in [0.25, 0.3) is 5.91 Å². The first-order valence-corrected chi connectivity index (χ1v) is 15.6. The molecule has 0 spiro atoms. The zero-order chi connectivity index (χ0) is 27.8. The Morgan fingerprint density at radius 1 is 1.12 bits per heavy atom. The third kappa shape index (κ3) is 5.29. The molecule has 9 nitrogen and oxygen atoms in total. The third-order valence-electron chi connectivity index (χ3n) is 9.23. The van der Waals surface area contributed by atoms with Gasteiger partial charge in [-0.2, -0.15) is 0 Å². The maximum Gasteiger partial charge on any atom is 0.251 e. The van der Waals surface area contributed by atoms with Gasteiger partial charge >= 0.3 is 0 Å². The Kier molecular flexibility index (Phi) is 7.92. The zero-order valence-corrected chi connectivity index (χ0v) is 24.2. The Labute approximate surface area is 239 Å². The molecule has 6 rings (SSSR count). The van der Waals surface area contributed by atoms with Gasteiger partial charge in [-0.3, -0.25) is 14.4 Å². The van der Waals surface area contributed by atoms with Gasteiger partial charge in [0.05, 0.1) is 11.8 Å². The fourth-order valence-corrected chi connectivity index (χ4v) is 7.64. The molecule has 4 heterocycles. The van der Waals surface area contributed by atoms with Crippen molar-refractivity contribution >= 4 is 34.1 Å². The zero-order valence-electron chi connectivity index (χ0n) is 23.4. The van der Waals surface area contributed by atoms with Gasteiger partial charge in [0.15, 0.2) is 10.9 Å². The van der Waals surface area contributed by atoms with Crippen molar-refractivity contribution in [2.45, 2.75) is 57.2 Å². The van der Waals surface area contributed by atoms with E-state index in [1.807, 2.05) is 24.3 Å². The minimum Gasteiger partial charge on any atom is -0.367 e. The number of carbonyl (C=O) groups is 3. The lowest BCUT2D eigenvalue weighted by atomic mass is 9.95. The number of nitrogens with zero attached hydrogens (tertiary/aromatic N) is 4. The molecule has 0 bridgehead atoms. The van der Waals surface area contributed by atoms with Crippen LogP contribution in [0.5, 0.6) is 0 Å². The van der Waals surface area contributed by atoms with Gasteiger partial charge in [-0.1, -0.05) is 31.9 Å². The highest BCUT2D eigenvalue weighted by Crippen LogP contribution is 2.36. The van der Waals surface area contributed by atoms with Crippen LogP contribution in [-0.2, 0) is 14.3 Å². The van der Waals surface area contributed by atoms with Crippen LogP contribution >= 0.6 is 11.3 Å². The SMILES string of the molecule is CCC1CN(C(=O)C(NC(=O)c2ccc(-c3csc(N4CCN(C)CC4)n3)cc2)C2CCCC2)[C@@H]2C(=O)CO[C@H]12. The Morgan fingerprint density at radius 3 is 2.55 bits per heavy atom. The molecular weight excluding hydrogens is 526 g/mol. The molecule has 0 radical (unpaired) electrons. The van der Waals surface area contributed by atoms with Crippen molar-refractivity contribution in [1.29, 1.82) is 0 Å². The summed E-state index contributed by atoms with van der Waals surface area (Å²) in [6.07, 6.45) is 4.53. The van der Waals surface area contributed by atoms with Crippen LogP contribution in [-0.4, -0.2) is 96.9 Å². The smallest absolute Gasteiger partial charge is 0.251 e. The summed E-state index contributed by atoms with van der Waals surface area (Å²) in [6, 6.07) is 6.31. The standard InChI is InChI=1S/C30H39N5O4S/c1-3-19-16-35(26-24(36)17-39-27(19)26)29(38)25(21-6-4-5-7-21)32-28(37)22-10-8-20(9-11-22)23-18-40-30(31-23)34-14-12-33(2)13-15-34/h8-11,18-19,21,25-27H,3-7,12-17H2,1-2H3,(H,32,37)/t19?,25?,26-,27-/m1/s1. The van der Waals surface area contributed by atoms with E-state index >= 15 is 0 Å². The largest absolute Gasteiger partial charge is 0.367 e. The van der Waals surface area contributed by atoms with Crippen LogP contribution in [0.1, 0.15) is 49.4 Å². The number of benzene rings is 1. The molecule has 3 saturated heterocycles. The van der Waals surface area contributed by atoms with Gasteiger partial charge in [-0.05, 0) is 44.4 Å². The third-order valence-corrected chi connectivity index (χ3v) is 10.1. The number of hydrogen-bond donors (Lipinski definition) is 1. The highest BCUT2D eigenvalue weighted by atomic mass is 32.1. The number of carbonyl (C=O) groups excluding carboxylic acids is 3. The lowest BCUT2D eigenvalue weighted by Crippen LogP contribution is -2.54. The highest BCUT2D eigenvalue weighted by molar-refractivity contribution is 7.14. The van der Waals surface area contributed by atoms with E-state index in [2.05, 4.69) is 34.5 Å². The second kappa shape index (κ2) is 11.6. The average Bonchev–Trinajstić information content (AvgIpc) is 3.78. The van der Waals surface area contributed by atoms with Crippen molar-refractivity contribution in [1.82, 2.24) is 20.1 Å². The van der Waals surface area contributed by atoms with E-state index in [0.29, 0.717) is 12.1 Å². The first-order chi connectivity index (χ1) is 19.4. The van der Waals surface area contributed by atoms with Crippen LogP contribution in [0.2, 0.25) is 0 Å². The predicted octanol–water partition coefficient (Wildman–Crippen LogP) is 3.06. The Morgan fingerprint density at radius 2 is 1.85 bits per heavy atom. The number of hydrogen-bond acceptors (Lipinski definition) is 8. The Hall–Kier alpha value is -2.82. The van der Waals surface area contributed by atoms with E-state index < -0.39 is 12.1 Å². The quantitative estimate of drug-likeness (QED) is 0.552. The van der Waals surface area contributed by atoms with E-state index in [4.69, 9.17) is 9.72 Å². The number of fused-ring (bicyclic) bond motifs is 1. The second-order valence-corrected chi connectivity index (χ2v) is 12.6. The van der Waals surface area contributed by atoms with Crippen molar-refractivity contribution in [3.05, 3.63) is 35.2 Å². The first kappa shape index (κ1) is 27.4. The monoisotopic (exact) mass is 565 g/mol. The topological polar surface area (TPSA) is 95.1 Å². The van der Waals surface area contributed by atoms with Crippen LogP contribution in [0.25, 0.3) is 11.3 Å². The van der Waals surface area contributed by atoms with E-state index in [-0.39, 0.29) is 42.1 Å². The average molecular weight is 566 g/mol. The summed E-state index contributed by atoms with van der Waals surface area (Å²) in [7, 11) is 2.14. The molecule has 1 aromatic heterocycles. The highest BCUT2D eigenvalue weighted by Gasteiger charge is 2.53. The lowest BCUT2D eigenvalue weighted by Gasteiger charge is -2.32. The second-order valence-electron chi connectivity index (χ2n) is 11.7. The van der Waals surface area contributed by atoms with Crippen molar-refractivity contribution in [3.63, 3.8) is 0 Å². The molecule has 214 valence electrons. The maximum atomic E-state index is 13.9. The molecule has 1 aromatic carbocycles. The Balaban J connectivity index is 1.15. The molecule has 40 heavy (non-hydrogen) atoms. The number of ether oxygens (including phenoxy) is 1. The summed E-state index contributed by atoms with van der Waals surface area (Å²) in [5.41, 5.74) is 2.38. The molecule has 4 atom stereocenters. The van der Waals surface area contributed by atoms with E-state index in [9.17, 15) is 14.4 Å². The molecule has 4 aliphatic rings. The van der Waals surface area contributed by atoms with Gasteiger partial charge in [0.1, 0.15) is 18.7 Å². The molecule has 3 aliphatic heterocycles. The predicted molar refractivity (Wildman–Crippen MR) is 155 cm³/mol. The summed E-state index contributed by atoms with van der Waals surface area (Å²) in [5, 5.41) is 6.18. The number of nitrogens with one attached hydrogen (secondary N) is 1. The molecule has 2 aromatic rings. The van der Waals surface area contributed by atoms with Crippen molar-refractivity contribution in [2.24, 2.45) is 11.8 Å². The first-order valence-electron chi connectivity index (χ1n) is 14.7. The molecule has 10 heteroatoms. The normalized spacial score (nSPS) is 26.4. The summed E-state index contributed by atoms with van der Waals surface area (Å²) in [6.45, 7) is 6.66. The van der Waals surface area contributed by atoms with Crippen LogP contribution in [0.15, 0.2) is 29.6 Å². The fraction of sp³-hybridized carbons (Fsp3) is 0.600. The minimum atomic E-state index is -0.635. The van der Waals surface area contributed by atoms with Gasteiger partial charge in [-0.25, -0.2) is 4.98 Å². The van der Waals surface area contributed by atoms with Crippen LogP contribution in [0, 0.1) is 11.8 Å². The number of thiazole rings is 1. The molecule has 4 fully saturated rings. The molecule has 2 amide bonds. The summed E-state index contributed by atoms with van der Waals surface area (Å²) >= 11 is 1.65. The van der Waals surface area contributed by atoms with Crippen LogP contribution in [0.3, 0.4) is 0 Å². The number of aromatic nitrogens is 1. The summed E-state index contributed by atoms with van der Waals surface area (Å²) in [5.74, 6) is -0.199. The van der Waals surface area contributed by atoms with E-state index in [1.165, 1.54) is 0 Å². The molecular formula is C30H39N5O4S. The number of ketones is 1. The fourth-order valence-electron chi connectivity index (χ4n) is 6.75. The molecule has 1 aliphatic carbocycles. The van der Waals surface area contributed by atoms with Crippen LogP contribution < -0.4 is 10.2 Å².